The summed E-state index contributed by atoms with van der Waals surface area (Å²) in [6.45, 7) is 11.6. The number of aromatic nitrogens is 2. The lowest BCUT2D eigenvalue weighted by Gasteiger charge is -2.19. The first-order valence-corrected chi connectivity index (χ1v) is 12.1. The molecule has 0 bridgehead atoms. The van der Waals surface area contributed by atoms with Gasteiger partial charge in [-0.25, -0.2) is 9.79 Å². The largest absolute Gasteiger partial charge is 0.465 e. The van der Waals surface area contributed by atoms with Crippen LogP contribution in [-0.4, -0.2) is 34.7 Å². The number of guanidine groups is 1. The molecule has 0 saturated carbocycles. The molecule has 8 nitrogen and oxygen atoms in total. The molecule has 0 unspecified atom stereocenters. The number of hydrogen-bond donors (Lipinski definition) is 2. The first kappa shape index (κ1) is 26.7. The van der Waals surface area contributed by atoms with Crippen molar-refractivity contribution >= 4 is 23.5 Å². The fourth-order valence-corrected chi connectivity index (χ4v) is 3.61. The number of aliphatic imine (C=N–C) groups is 1. The number of nitrogens with one attached hydrogen (secondary N) is 2. The predicted octanol–water partition coefficient (Wildman–Crippen LogP) is 5.08. The molecular weight excluding hydrogens is 454 g/mol. The number of ether oxygens (including phenoxy) is 1. The van der Waals surface area contributed by atoms with Gasteiger partial charge in [-0.05, 0) is 54.7 Å². The third kappa shape index (κ3) is 7.04. The van der Waals surface area contributed by atoms with E-state index in [0.29, 0.717) is 23.4 Å². The van der Waals surface area contributed by atoms with Crippen LogP contribution in [0.15, 0.2) is 59.7 Å². The van der Waals surface area contributed by atoms with Crippen molar-refractivity contribution in [2.45, 2.75) is 59.5 Å². The molecule has 0 radical (unpaired) electrons. The van der Waals surface area contributed by atoms with Crippen LogP contribution in [0.4, 0.5) is 5.69 Å². The zero-order valence-electron chi connectivity index (χ0n) is 21.9. The van der Waals surface area contributed by atoms with Gasteiger partial charge in [0.05, 0.1) is 24.9 Å². The van der Waals surface area contributed by atoms with E-state index in [0.717, 1.165) is 29.8 Å². The number of hydrogen-bond acceptors (Lipinski definition) is 5. The van der Waals surface area contributed by atoms with Crippen LogP contribution in [0, 0.1) is 6.92 Å². The van der Waals surface area contributed by atoms with Crippen molar-refractivity contribution < 1.29 is 14.3 Å². The normalized spacial score (nSPS) is 11.8. The van der Waals surface area contributed by atoms with E-state index in [9.17, 15) is 9.59 Å². The number of anilines is 1. The molecule has 190 valence electrons. The van der Waals surface area contributed by atoms with E-state index in [2.05, 4.69) is 48.4 Å². The van der Waals surface area contributed by atoms with Crippen molar-refractivity contribution in [2.75, 3.05) is 12.4 Å². The van der Waals surface area contributed by atoms with E-state index in [-0.39, 0.29) is 17.3 Å². The van der Waals surface area contributed by atoms with Crippen molar-refractivity contribution in [3.63, 3.8) is 0 Å². The molecular formula is C28H35N5O3. The van der Waals surface area contributed by atoms with Crippen LogP contribution >= 0.6 is 0 Å². The molecule has 0 aliphatic rings. The fourth-order valence-electron chi connectivity index (χ4n) is 3.61. The van der Waals surface area contributed by atoms with Gasteiger partial charge < -0.3 is 10.1 Å². The van der Waals surface area contributed by atoms with Gasteiger partial charge in [-0.15, -0.1) is 0 Å². The molecule has 2 aromatic carbocycles. The zero-order chi connectivity index (χ0) is 26.3. The van der Waals surface area contributed by atoms with Gasteiger partial charge in [-0.3, -0.25) is 14.8 Å². The number of amides is 1. The molecule has 1 aromatic heterocycles. The Hall–Kier alpha value is -3.94. The second-order valence-corrected chi connectivity index (χ2v) is 9.65. The van der Waals surface area contributed by atoms with Gasteiger partial charge in [0.1, 0.15) is 0 Å². The lowest BCUT2D eigenvalue weighted by molar-refractivity contribution is 0.0600. The van der Waals surface area contributed by atoms with Crippen molar-refractivity contribution in [3.8, 4) is 0 Å². The van der Waals surface area contributed by atoms with E-state index >= 15 is 0 Å². The SMILES string of the molecule is CCCn1cc(CN=C(NC(=O)c2ccc(C(C)(C)C)cc2)Nc2cccc(C(=O)OC)c2)c(C)n1. The summed E-state index contributed by atoms with van der Waals surface area (Å²) in [5.74, 6) is -0.465. The number of esters is 1. The molecule has 1 amide bonds. The van der Waals surface area contributed by atoms with Gasteiger partial charge in [0.15, 0.2) is 0 Å². The van der Waals surface area contributed by atoms with Gasteiger partial charge in [0, 0.05) is 29.6 Å². The average molecular weight is 490 g/mol. The summed E-state index contributed by atoms with van der Waals surface area (Å²) in [6.07, 6.45) is 2.96. The highest BCUT2D eigenvalue weighted by atomic mass is 16.5. The summed E-state index contributed by atoms with van der Waals surface area (Å²) in [4.78, 5) is 29.7. The predicted molar refractivity (Wildman–Crippen MR) is 142 cm³/mol. The lowest BCUT2D eigenvalue weighted by atomic mass is 9.87. The van der Waals surface area contributed by atoms with Crippen molar-refractivity contribution in [1.82, 2.24) is 15.1 Å². The van der Waals surface area contributed by atoms with Crippen molar-refractivity contribution in [2.24, 2.45) is 4.99 Å². The number of nitrogens with zero attached hydrogens (tertiary/aromatic N) is 3. The average Bonchev–Trinajstić information content (AvgIpc) is 3.20. The zero-order valence-corrected chi connectivity index (χ0v) is 21.9. The Kier molecular flexibility index (Phi) is 8.64. The van der Waals surface area contributed by atoms with Crippen molar-refractivity contribution in [1.29, 1.82) is 0 Å². The molecule has 0 aliphatic carbocycles. The Morgan fingerprint density at radius 3 is 2.44 bits per heavy atom. The quantitative estimate of drug-likeness (QED) is 0.274. The molecule has 3 aromatic rings. The van der Waals surface area contributed by atoms with Crippen LogP contribution in [0.25, 0.3) is 0 Å². The summed E-state index contributed by atoms with van der Waals surface area (Å²) in [7, 11) is 1.33. The highest BCUT2D eigenvalue weighted by Gasteiger charge is 2.16. The molecule has 0 fully saturated rings. The maximum absolute atomic E-state index is 13.1. The molecule has 1 heterocycles. The van der Waals surface area contributed by atoms with Crippen LogP contribution in [0.2, 0.25) is 0 Å². The Morgan fingerprint density at radius 2 is 1.81 bits per heavy atom. The highest BCUT2D eigenvalue weighted by Crippen LogP contribution is 2.22. The molecule has 0 atom stereocenters. The highest BCUT2D eigenvalue weighted by molar-refractivity contribution is 6.10. The molecule has 0 saturated heterocycles. The van der Waals surface area contributed by atoms with E-state index < -0.39 is 5.97 Å². The van der Waals surface area contributed by atoms with Crippen molar-refractivity contribution in [3.05, 3.63) is 82.7 Å². The minimum atomic E-state index is -0.445. The molecule has 8 heteroatoms. The number of aryl methyl sites for hydroxylation is 2. The van der Waals surface area contributed by atoms with Gasteiger partial charge in [-0.1, -0.05) is 45.9 Å². The number of rotatable bonds is 7. The lowest BCUT2D eigenvalue weighted by Crippen LogP contribution is -2.36. The van der Waals surface area contributed by atoms with Gasteiger partial charge in [-0.2, -0.15) is 5.10 Å². The molecule has 36 heavy (non-hydrogen) atoms. The standard InChI is InChI=1S/C28H35N5O3/c1-7-15-33-18-22(19(2)32-33)17-29-27(30-24-10-8-9-21(16-24)26(35)36-6)31-25(34)20-11-13-23(14-12-20)28(3,4)5/h8-14,16,18H,7,15,17H2,1-6H3,(H2,29,30,31,34). The molecule has 0 spiro atoms. The Morgan fingerprint density at radius 1 is 1.08 bits per heavy atom. The third-order valence-corrected chi connectivity index (χ3v) is 5.70. The van der Waals surface area contributed by atoms with E-state index in [4.69, 9.17) is 4.74 Å². The first-order chi connectivity index (χ1) is 17.1. The summed E-state index contributed by atoms with van der Waals surface area (Å²) < 4.78 is 6.72. The van der Waals surface area contributed by atoms with E-state index in [1.807, 2.05) is 42.1 Å². The number of methoxy groups -OCH3 is 1. The maximum atomic E-state index is 13.1. The minimum Gasteiger partial charge on any atom is -0.465 e. The van der Waals surface area contributed by atoms with Crippen LogP contribution < -0.4 is 10.6 Å². The minimum absolute atomic E-state index is 0.00604. The van der Waals surface area contributed by atoms with Crippen LogP contribution in [0.1, 0.15) is 71.7 Å². The Bertz CT molecular complexity index is 1240. The topological polar surface area (TPSA) is 97.6 Å². The molecule has 0 aliphatic heterocycles. The second kappa shape index (κ2) is 11.7. The molecule has 3 rings (SSSR count). The smallest absolute Gasteiger partial charge is 0.337 e. The van der Waals surface area contributed by atoms with Crippen LogP contribution in [0.3, 0.4) is 0 Å². The summed E-state index contributed by atoms with van der Waals surface area (Å²) in [6, 6.07) is 14.4. The van der Waals surface area contributed by atoms with Gasteiger partial charge in [0.2, 0.25) is 5.96 Å². The first-order valence-electron chi connectivity index (χ1n) is 12.1. The summed E-state index contributed by atoms with van der Waals surface area (Å²) >= 11 is 0. The summed E-state index contributed by atoms with van der Waals surface area (Å²) in [5.41, 5.74) is 4.51. The summed E-state index contributed by atoms with van der Waals surface area (Å²) in [5, 5.41) is 10.5. The molecule has 2 N–H and O–H groups in total. The van der Waals surface area contributed by atoms with E-state index in [1.54, 1.807) is 24.3 Å². The fraction of sp³-hybridized carbons (Fsp3) is 0.357. The van der Waals surface area contributed by atoms with Gasteiger partial charge >= 0.3 is 5.97 Å². The van der Waals surface area contributed by atoms with E-state index in [1.165, 1.54) is 7.11 Å². The Labute approximate surface area is 212 Å². The second-order valence-electron chi connectivity index (χ2n) is 9.65. The van der Waals surface area contributed by atoms with Crippen LogP contribution in [0.5, 0.6) is 0 Å². The monoisotopic (exact) mass is 489 g/mol. The Balaban J connectivity index is 1.86. The number of carbonyl (C=O) groups is 2. The third-order valence-electron chi connectivity index (χ3n) is 5.70. The number of benzene rings is 2. The van der Waals surface area contributed by atoms with Gasteiger partial charge in [0.25, 0.3) is 5.91 Å². The maximum Gasteiger partial charge on any atom is 0.337 e. The van der Waals surface area contributed by atoms with Crippen LogP contribution in [-0.2, 0) is 23.2 Å². The number of carbonyl (C=O) groups excluding carboxylic acids is 2.